The van der Waals surface area contributed by atoms with Gasteiger partial charge < -0.3 is 15.2 Å². The number of aliphatic hydroxyl groups is 1. The van der Waals surface area contributed by atoms with Crippen LogP contribution in [-0.4, -0.2) is 31.4 Å². The van der Waals surface area contributed by atoms with Gasteiger partial charge in [-0.25, -0.2) is 4.39 Å². The Morgan fingerprint density at radius 2 is 2.39 bits per heavy atom. The summed E-state index contributed by atoms with van der Waals surface area (Å²) in [5.41, 5.74) is 0.613. The van der Waals surface area contributed by atoms with Crippen molar-refractivity contribution in [3.63, 3.8) is 0 Å². The largest absolute Gasteiger partial charge is 0.387 e. The van der Waals surface area contributed by atoms with Crippen LogP contribution in [0.2, 0.25) is 0 Å². The molecule has 1 aromatic rings. The van der Waals surface area contributed by atoms with E-state index in [2.05, 4.69) is 5.32 Å². The number of halogens is 1. The average molecular weight is 253 g/mol. The van der Waals surface area contributed by atoms with Crippen LogP contribution in [0.15, 0.2) is 24.3 Å². The van der Waals surface area contributed by atoms with Crippen LogP contribution in [-0.2, 0) is 4.74 Å². The van der Waals surface area contributed by atoms with Crippen molar-refractivity contribution in [2.24, 2.45) is 5.92 Å². The molecule has 1 fully saturated rings. The Bertz CT molecular complexity index is 367. The van der Waals surface area contributed by atoms with Crippen molar-refractivity contribution in [3.8, 4) is 0 Å². The Hall–Kier alpha value is -0.970. The van der Waals surface area contributed by atoms with Crippen LogP contribution in [0.3, 0.4) is 0 Å². The zero-order valence-electron chi connectivity index (χ0n) is 10.4. The first-order valence-corrected chi connectivity index (χ1v) is 6.47. The molecule has 0 aromatic heterocycles. The van der Waals surface area contributed by atoms with Gasteiger partial charge in [0.2, 0.25) is 0 Å². The first-order valence-electron chi connectivity index (χ1n) is 6.47. The number of hydrogen-bond acceptors (Lipinski definition) is 3. The topological polar surface area (TPSA) is 41.5 Å². The molecule has 0 spiro atoms. The molecule has 4 heteroatoms. The summed E-state index contributed by atoms with van der Waals surface area (Å²) in [6.45, 7) is 2.94. The Morgan fingerprint density at radius 3 is 3.11 bits per heavy atom. The highest BCUT2D eigenvalue weighted by molar-refractivity contribution is 5.18. The zero-order chi connectivity index (χ0) is 12.8. The minimum Gasteiger partial charge on any atom is -0.387 e. The first-order chi connectivity index (χ1) is 8.75. The number of benzene rings is 1. The van der Waals surface area contributed by atoms with Gasteiger partial charge in [0.15, 0.2) is 0 Å². The van der Waals surface area contributed by atoms with Gasteiger partial charge in [0, 0.05) is 19.7 Å². The van der Waals surface area contributed by atoms with Gasteiger partial charge in [0.1, 0.15) is 5.82 Å². The van der Waals surface area contributed by atoms with E-state index in [0.29, 0.717) is 18.0 Å². The van der Waals surface area contributed by atoms with Crippen molar-refractivity contribution >= 4 is 0 Å². The Kier molecular flexibility index (Phi) is 5.11. The van der Waals surface area contributed by atoms with Crippen molar-refractivity contribution in [2.45, 2.75) is 18.9 Å². The lowest BCUT2D eigenvalue weighted by Crippen LogP contribution is -2.31. The molecule has 1 saturated heterocycles. The third-order valence-electron chi connectivity index (χ3n) is 3.26. The maximum atomic E-state index is 13.0. The summed E-state index contributed by atoms with van der Waals surface area (Å²) in [5, 5.41) is 13.1. The molecule has 1 aromatic carbocycles. The van der Waals surface area contributed by atoms with E-state index in [1.54, 1.807) is 12.1 Å². The molecule has 0 saturated carbocycles. The second-order valence-corrected chi connectivity index (χ2v) is 4.81. The second kappa shape index (κ2) is 6.83. The molecule has 2 unspecified atom stereocenters. The normalized spacial score (nSPS) is 21.8. The third-order valence-corrected chi connectivity index (χ3v) is 3.26. The Balaban J connectivity index is 1.72. The molecule has 2 N–H and O–H groups in total. The van der Waals surface area contributed by atoms with Crippen LogP contribution in [0.5, 0.6) is 0 Å². The molecule has 3 nitrogen and oxygen atoms in total. The molecule has 1 aliphatic rings. The lowest BCUT2D eigenvalue weighted by Gasteiger charge is -2.23. The average Bonchev–Trinajstić information content (AvgIpc) is 2.40. The fourth-order valence-corrected chi connectivity index (χ4v) is 2.22. The van der Waals surface area contributed by atoms with Gasteiger partial charge in [-0.05, 0) is 36.5 Å². The quantitative estimate of drug-likeness (QED) is 0.842. The summed E-state index contributed by atoms with van der Waals surface area (Å²) in [4.78, 5) is 0. The predicted molar refractivity (Wildman–Crippen MR) is 67.8 cm³/mol. The molecule has 1 heterocycles. The van der Waals surface area contributed by atoms with E-state index in [1.165, 1.54) is 18.6 Å². The number of ether oxygens (including phenoxy) is 1. The molecule has 18 heavy (non-hydrogen) atoms. The van der Waals surface area contributed by atoms with Crippen LogP contribution in [0, 0.1) is 11.7 Å². The van der Waals surface area contributed by atoms with Gasteiger partial charge in [0.05, 0.1) is 12.7 Å². The zero-order valence-corrected chi connectivity index (χ0v) is 10.4. The van der Waals surface area contributed by atoms with E-state index in [1.807, 2.05) is 0 Å². The standard InChI is InChI=1S/C14H20FNO2/c15-13-5-1-4-12(7-13)14(17)9-16-8-11-3-2-6-18-10-11/h1,4-5,7,11,14,16-17H,2-3,6,8-10H2. The number of nitrogens with one attached hydrogen (secondary N) is 1. The van der Waals surface area contributed by atoms with Gasteiger partial charge in [-0.15, -0.1) is 0 Å². The molecule has 0 amide bonds. The van der Waals surface area contributed by atoms with Gasteiger partial charge >= 0.3 is 0 Å². The SMILES string of the molecule is OC(CNCC1CCCOC1)c1cccc(F)c1. The number of hydrogen-bond donors (Lipinski definition) is 2. The van der Waals surface area contributed by atoms with E-state index in [4.69, 9.17) is 4.74 Å². The maximum Gasteiger partial charge on any atom is 0.123 e. The van der Waals surface area contributed by atoms with Gasteiger partial charge in [-0.1, -0.05) is 12.1 Å². The minimum atomic E-state index is -0.662. The highest BCUT2D eigenvalue weighted by atomic mass is 19.1. The van der Waals surface area contributed by atoms with Gasteiger partial charge in [0.25, 0.3) is 0 Å². The summed E-state index contributed by atoms with van der Waals surface area (Å²) in [5.74, 6) is 0.214. The highest BCUT2D eigenvalue weighted by Gasteiger charge is 2.14. The van der Waals surface area contributed by atoms with E-state index < -0.39 is 6.10 Å². The molecule has 2 rings (SSSR count). The van der Waals surface area contributed by atoms with E-state index in [0.717, 1.165) is 26.2 Å². The second-order valence-electron chi connectivity index (χ2n) is 4.81. The van der Waals surface area contributed by atoms with Crippen molar-refractivity contribution < 1.29 is 14.2 Å². The lowest BCUT2D eigenvalue weighted by molar-refractivity contribution is 0.0532. The van der Waals surface area contributed by atoms with E-state index >= 15 is 0 Å². The van der Waals surface area contributed by atoms with Crippen LogP contribution in [0.25, 0.3) is 0 Å². The van der Waals surface area contributed by atoms with Gasteiger partial charge in [-0.2, -0.15) is 0 Å². The lowest BCUT2D eigenvalue weighted by atomic mass is 10.0. The molecule has 1 aliphatic heterocycles. The van der Waals surface area contributed by atoms with Crippen LogP contribution >= 0.6 is 0 Å². The molecule has 0 radical (unpaired) electrons. The first kappa shape index (κ1) is 13.5. The fourth-order valence-electron chi connectivity index (χ4n) is 2.22. The molecule has 100 valence electrons. The van der Waals surface area contributed by atoms with Crippen molar-refractivity contribution in [1.29, 1.82) is 0 Å². The molecule has 2 atom stereocenters. The summed E-state index contributed by atoms with van der Waals surface area (Å²) in [7, 11) is 0. The maximum absolute atomic E-state index is 13.0. The number of aliphatic hydroxyl groups excluding tert-OH is 1. The highest BCUT2D eigenvalue weighted by Crippen LogP contribution is 2.15. The Labute approximate surface area is 107 Å². The van der Waals surface area contributed by atoms with Crippen LogP contribution in [0.4, 0.5) is 4.39 Å². The monoisotopic (exact) mass is 253 g/mol. The Morgan fingerprint density at radius 1 is 1.50 bits per heavy atom. The van der Waals surface area contributed by atoms with Crippen LogP contribution in [0.1, 0.15) is 24.5 Å². The third kappa shape index (κ3) is 4.05. The summed E-state index contributed by atoms with van der Waals surface area (Å²) in [6, 6.07) is 6.10. The van der Waals surface area contributed by atoms with Crippen molar-refractivity contribution in [2.75, 3.05) is 26.3 Å². The molecular formula is C14H20FNO2. The molecule has 0 bridgehead atoms. The number of rotatable bonds is 5. The summed E-state index contributed by atoms with van der Waals surface area (Å²) >= 11 is 0. The molecular weight excluding hydrogens is 233 g/mol. The van der Waals surface area contributed by atoms with Crippen molar-refractivity contribution in [3.05, 3.63) is 35.6 Å². The van der Waals surface area contributed by atoms with E-state index in [9.17, 15) is 9.50 Å². The van der Waals surface area contributed by atoms with Crippen molar-refractivity contribution in [1.82, 2.24) is 5.32 Å². The predicted octanol–water partition coefficient (Wildman–Crippen LogP) is 1.88. The fraction of sp³-hybridized carbons (Fsp3) is 0.571. The summed E-state index contributed by atoms with van der Waals surface area (Å²) in [6.07, 6.45) is 1.62. The summed E-state index contributed by atoms with van der Waals surface area (Å²) < 4.78 is 18.4. The van der Waals surface area contributed by atoms with Crippen LogP contribution < -0.4 is 5.32 Å². The minimum absolute atomic E-state index is 0.313. The van der Waals surface area contributed by atoms with E-state index in [-0.39, 0.29) is 5.82 Å². The van der Waals surface area contributed by atoms with Gasteiger partial charge in [-0.3, -0.25) is 0 Å². The molecule has 0 aliphatic carbocycles. The smallest absolute Gasteiger partial charge is 0.123 e.